The van der Waals surface area contributed by atoms with Crippen LogP contribution in [0, 0.1) is 0 Å². The van der Waals surface area contributed by atoms with Crippen molar-refractivity contribution in [3.63, 3.8) is 0 Å². The molecule has 6 unspecified atom stereocenters. The van der Waals surface area contributed by atoms with Gasteiger partial charge in [0.05, 0.1) is 6.61 Å². The van der Waals surface area contributed by atoms with Gasteiger partial charge in [-0.25, -0.2) is 13.8 Å². The van der Waals surface area contributed by atoms with Crippen LogP contribution in [0.15, 0.2) is 21.9 Å². The molecule has 0 aliphatic carbocycles. The van der Waals surface area contributed by atoms with Gasteiger partial charge in [-0.1, -0.05) is 4.31 Å². The van der Waals surface area contributed by atoms with E-state index in [9.17, 15) is 44.3 Å². The molecule has 11 atom stereocenters. The first-order chi connectivity index (χ1) is 16.7. The van der Waals surface area contributed by atoms with Crippen molar-refractivity contribution in [3.05, 3.63) is 33.1 Å². The van der Waals surface area contributed by atoms with Crippen LogP contribution in [-0.4, -0.2) is 107 Å². The standard InChI is InChI=1S/C15H25N3O16P2.2Na/c16-3-5-8(20)10(22)12(24)14(32-5)33-36(28,29)34-35(26,27)30-4-6-9(21)11(23)13(31-6)18-2-1-7(19)17-15(18)25;;/h1-2,5-6,8-14,20-24H,3-4,16H2,(H,26,27)(H,28,29)(H,17,19,25);;/q;2*+1/p+2/t5?,6?,8-,9+,10-,11+,12?,13?,14+;;/m0../s1. The van der Waals surface area contributed by atoms with E-state index in [-0.39, 0.29) is 65.7 Å². The van der Waals surface area contributed by atoms with E-state index in [0.717, 1.165) is 16.8 Å². The second kappa shape index (κ2) is 14.7. The van der Waals surface area contributed by atoms with Crippen molar-refractivity contribution in [2.75, 3.05) is 13.2 Å². The smallest absolute Gasteiger partial charge is 0.388 e. The summed E-state index contributed by atoms with van der Waals surface area (Å²) in [4.78, 5) is 40.2. The maximum atomic E-state index is 12.3. The molecule has 0 saturated carbocycles. The van der Waals surface area contributed by atoms with E-state index in [2.05, 4.69) is 13.4 Å². The Morgan fingerprint density at radius 3 is 2.13 bits per heavy atom. The zero-order valence-corrected chi connectivity index (χ0v) is 25.9. The largest absolute Gasteiger partial charge is 1.00 e. The summed E-state index contributed by atoms with van der Waals surface area (Å²) in [6, 6.07) is 0.952. The van der Waals surface area contributed by atoms with Crippen LogP contribution in [0.1, 0.15) is 6.23 Å². The Hall–Kier alpha value is 0.620. The van der Waals surface area contributed by atoms with Gasteiger partial charge in [0.15, 0.2) is 6.23 Å². The van der Waals surface area contributed by atoms with E-state index in [1.807, 2.05) is 4.98 Å². The number of rotatable bonds is 9. The minimum Gasteiger partial charge on any atom is -0.388 e. The van der Waals surface area contributed by atoms with Crippen molar-refractivity contribution in [2.45, 2.75) is 55.2 Å². The third-order valence-corrected chi connectivity index (χ3v) is 7.92. The van der Waals surface area contributed by atoms with Crippen LogP contribution in [0.2, 0.25) is 0 Å². The summed E-state index contributed by atoms with van der Waals surface area (Å²) in [7, 11) is -10.4. The molecule has 2 aliphatic heterocycles. The Kier molecular flexibility index (Phi) is 14.2. The number of aromatic amines is 1. The predicted octanol–water partition coefficient (Wildman–Crippen LogP) is -11.4. The fraction of sp³-hybridized carbons (Fsp3) is 0.733. The Labute approximate surface area is 257 Å². The molecule has 2 aliphatic rings. The quantitative estimate of drug-likeness (QED) is 0.0772. The first kappa shape index (κ1) is 36.6. The van der Waals surface area contributed by atoms with Gasteiger partial charge in [0.1, 0.15) is 42.7 Å². The molecule has 1 aromatic heterocycles. The number of nitrogens with zero attached hydrogens (tertiary/aromatic N) is 1. The number of hydrogen-bond acceptors (Lipinski definition) is 15. The number of ether oxygens (including phenoxy) is 2. The molecule has 38 heavy (non-hydrogen) atoms. The van der Waals surface area contributed by atoms with Crippen molar-refractivity contribution in [2.24, 2.45) is 5.73 Å². The van der Waals surface area contributed by atoms with Gasteiger partial charge in [-0.2, -0.15) is 9.13 Å². The average molecular weight is 613 g/mol. The molecule has 206 valence electrons. The zero-order valence-electron chi connectivity index (χ0n) is 20.1. The molecule has 0 spiro atoms. The molecule has 2 fully saturated rings. The van der Waals surface area contributed by atoms with Crippen LogP contribution in [0.5, 0.6) is 0 Å². The van der Waals surface area contributed by atoms with Crippen LogP contribution >= 0.6 is 15.6 Å². The topological polar surface area (TPSA) is 308 Å². The monoisotopic (exact) mass is 613 g/mol. The molecule has 0 aromatic carbocycles. The average Bonchev–Trinajstić information content (AvgIpc) is 3.06. The van der Waals surface area contributed by atoms with Crippen LogP contribution in [0.3, 0.4) is 0 Å². The third kappa shape index (κ3) is 8.81. The number of aliphatic hydroxyl groups is 5. The summed E-state index contributed by atoms with van der Waals surface area (Å²) in [6.45, 7) is -1.29. The fourth-order valence-corrected chi connectivity index (χ4v) is 5.68. The molecule has 0 bridgehead atoms. The molecule has 1 aromatic rings. The Morgan fingerprint density at radius 1 is 0.947 bits per heavy atom. The second-order valence-corrected chi connectivity index (χ2v) is 10.9. The summed E-state index contributed by atoms with van der Waals surface area (Å²) in [6.07, 6.45) is -14.3. The van der Waals surface area contributed by atoms with E-state index < -0.39 is 88.7 Å². The van der Waals surface area contributed by atoms with E-state index in [0.29, 0.717) is 0 Å². The van der Waals surface area contributed by atoms with Crippen LogP contribution < -0.4 is 76.1 Å². The number of nitrogens with one attached hydrogen (secondary N) is 1. The second-order valence-electron chi connectivity index (χ2n) is 7.79. The molecule has 3 heterocycles. The van der Waals surface area contributed by atoms with Crippen molar-refractivity contribution in [1.29, 1.82) is 0 Å². The molecule has 12 N–H and O–H groups in total. The van der Waals surface area contributed by atoms with Gasteiger partial charge in [0.25, 0.3) is 5.56 Å². The summed E-state index contributed by atoms with van der Waals surface area (Å²) < 4.78 is 49.3. The molecule has 2 saturated heterocycles. The molecule has 3 rings (SSSR count). The van der Waals surface area contributed by atoms with Gasteiger partial charge >= 0.3 is 80.4 Å². The molecule has 19 nitrogen and oxygen atoms in total. The van der Waals surface area contributed by atoms with Crippen LogP contribution in [-0.2, 0) is 32.0 Å². The maximum absolute atomic E-state index is 12.3. The van der Waals surface area contributed by atoms with Crippen molar-refractivity contribution in [1.82, 2.24) is 9.55 Å². The zero-order chi connectivity index (χ0) is 27.0. The van der Waals surface area contributed by atoms with E-state index in [4.69, 9.17) is 25.0 Å². The summed E-state index contributed by atoms with van der Waals surface area (Å²) in [5, 5.41) is 49.8. The number of aromatic nitrogens is 2. The summed E-state index contributed by atoms with van der Waals surface area (Å²) in [5.74, 6) is 0. The number of nitrogens with two attached hydrogens (primary N) is 1. The van der Waals surface area contributed by atoms with Gasteiger partial charge in [-0.3, -0.25) is 14.3 Å². The van der Waals surface area contributed by atoms with Gasteiger partial charge in [0, 0.05) is 18.8 Å². The fourth-order valence-electron chi connectivity index (χ4n) is 3.42. The number of H-pyrrole nitrogens is 1. The van der Waals surface area contributed by atoms with Gasteiger partial charge in [-0.05, 0) is 0 Å². The van der Waals surface area contributed by atoms with Crippen LogP contribution in [0.25, 0.3) is 0 Å². The van der Waals surface area contributed by atoms with Gasteiger partial charge in [-0.15, -0.1) is 0 Å². The normalized spacial score (nSPS) is 36.4. The first-order valence-corrected chi connectivity index (χ1v) is 13.2. The predicted molar refractivity (Wildman–Crippen MR) is 114 cm³/mol. The minimum atomic E-state index is -5.24. The number of aliphatic hydroxyl groups excluding tert-OH is 5. The van der Waals surface area contributed by atoms with Crippen molar-refractivity contribution >= 4 is 15.6 Å². The van der Waals surface area contributed by atoms with E-state index >= 15 is 0 Å². The SMILES string of the molecule is NCC1O[C@H](OP(=O)([OH2+])OP(=O)([OH2+])OCC2OC(n3ccc(=O)[nH]c3=O)[C@H](O)[C@@H]2O)C(O)[C@@H](O)[C@H]1O.[Na+].[Na+]. The van der Waals surface area contributed by atoms with Crippen molar-refractivity contribution in [3.8, 4) is 0 Å². The third-order valence-electron chi connectivity index (χ3n) is 5.23. The Bertz CT molecular complexity index is 1140. The summed E-state index contributed by atoms with van der Waals surface area (Å²) >= 11 is 0. The summed E-state index contributed by atoms with van der Waals surface area (Å²) in [5.41, 5.74) is 3.65. The van der Waals surface area contributed by atoms with Gasteiger partial charge in [0.2, 0.25) is 6.29 Å². The maximum Gasteiger partial charge on any atom is 1.00 e. The number of hydrogen-bond donors (Lipinski definition) is 7. The van der Waals surface area contributed by atoms with Crippen molar-refractivity contribution < 1.29 is 126 Å². The van der Waals surface area contributed by atoms with Crippen LogP contribution in [0.4, 0.5) is 0 Å². The van der Waals surface area contributed by atoms with E-state index in [1.165, 1.54) is 0 Å². The molecular formula is C15H27N3Na2O16P2+4. The Morgan fingerprint density at radius 2 is 1.55 bits per heavy atom. The molecular weight excluding hydrogens is 586 g/mol. The first-order valence-electron chi connectivity index (χ1n) is 10.1. The molecule has 23 heteroatoms. The van der Waals surface area contributed by atoms with E-state index in [1.54, 1.807) is 0 Å². The molecule has 0 radical (unpaired) electrons. The molecule has 0 amide bonds. The minimum absolute atomic E-state index is 0. The Balaban J connectivity index is 0.00000361. The van der Waals surface area contributed by atoms with Gasteiger partial charge < -0.3 is 50.5 Å².